The van der Waals surface area contributed by atoms with Gasteiger partial charge in [0.2, 0.25) is 0 Å². The standard InChI is InChI=1S/C15H22FNO/c1-15(2)8-4-5-12(10-15)17-11-6-7-13(16)14(9-11)18-3/h6-7,9,12,17H,4-5,8,10H2,1-3H3. The van der Waals surface area contributed by atoms with Crippen LogP contribution in [0.15, 0.2) is 18.2 Å². The van der Waals surface area contributed by atoms with Crippen LogP contribution in [-0.2, 0) is 0 Å². The minimum Gasteiger partial charge on any atom is -0.494 e. The third kappa shape index (κ3) is 3.15. The van der Waals surface area contributed by atoms with Crippen LogP contribution in [0.1, 0.15) is 39.5 Å². The zero-order valence-electron chi connectivity index (χ0n) is 11.4. The smallest absolute Gasteiger partial charge is 0.165 e. The van der Waals surface area contributed by atoms with Gasteiger partial charge in [0, 0.05) is 17.8 Å². The second-order valence-electron chi connectivity index (χ2n) is 5.95. The molecular formula is C15H22FNO. The minimum atomic E-state index is -0.313. The average molecular weight is 251 g/mol. The van der Waals surface area contributed by atoms with Gasteiger partial charge in [0.25, 0.3) is 0 Å². The summed E-state index contributed by atoms with van der Waals surface area (Å²) < 4.78 is 18.3. The van der Waals surface area contributed by atoms with Gasteiger partial charge in [-0.25, -0.2) is 4.39 Å². The van der Waals surface area contributed by atoms with Gasteiger partial charge in [-0.1, -0.05) is 20.3 Å². The largest absolute Gasteiger partial charge is 0.494 e. The fourth-order valence-corrected chi connectivity index (χ4v) is 2.81. The maximum Gasteiger partial charge on any atom is 0.165 e. The number of methoxy groups -OCH3 is 1. The zero-order chi connectivity index (χ0) is 13.2. The molecule has 0 aliphatic heterocycles. The second-order valence-corrected chi connectivity index (χ2v) is 5.95. The van der Waals surface area contributed by atoms with E-state index in [1.807, 2.05) is 0 Å². The molecule has 1 fully saturated rings. The molecule has 1 aromatic rings. The van der Waals surface area contributed by atoms with E-state index in [4.69, 9.17) is 4.74 Å². The minimum absolute atomic E-state index is 0.301. The molecule has 1 aromatic carbocycles. The zero-order valence-corrected chi connectivity index (χ0v) is 11.4. The van der Waals surface area contributed by atoms with Crippen LogP contribution in [0.2, 0.25) is 0 Å². The lowest BCUT2D eigenvalue weighted by atomic mass is 9.75. The summed E-state index contributed by atoms with van der Waals surface area (Å²) in [7, 11) is 1.49. The van der Waals surface area contributed by atoms with E-state index in [-0.39, 0.29) is 5.82 Å². The number of nitrogens with one attached hydrogen (secondary N) is 1. The van der Waals surface area contributed by atoms with Crippen LogP contribution >= 0.6 is 0 Å². The monoisotopic (exact) mass is 251 g/mol. The molecule has 1 saturated carbocycles. The van der Waals surface area contributed by atoms with Crippen molar-refractivity contribution in [3.05, 3.63) is 24.0 Å². The Morgan fingerprint density at radius 2 is 2.17 bits per heavy atom. The fourth-order valence-electron chi connectivity index (χ4n) is 2.81. The molecule has 0 saturated heterocycles. The van der Waals surface area contributed by atoms with E-state index in [1.165, 1.54) is 32.4 Å². The molecule has 0 aromatic heterocycles. The van der Waals surface area contributed by atoms with Crippen LogP contribution in [0, 0.1) is 11.2 Å². The van der Waals surface area contributed by atoms with Crippen molar-refractivity contribution in [3.63, 3.8) is 0 Å². The van der Waals surface area contributed by atoms with E-state index in [2.05, 4.69) is 19.2 Å². The summed E-state index contributed by atoms with van der Waals surface area (Å²) in [6.45, 7) is 4.62. The number of ether oxygens (including phenoxy) is 1. The number of halogens is 1. The van der Waals surface area contributed by atoms with Gasteiger partial charge in [-0.3, -0.25) is 0 Å². The van der Waals surface area contributed by atoms with Crippen LogP contribution in [-0.4, -0.2) is 13.2 Å². The molecule has 2 rings (SSSR count). The van der Waals surface area contributed by atoms with Gasteiger partial charge in [-0.05, 0) is 36.8 Å². The van der Waals surface area contributed by atoms with Gasteiger partial charge in [0.05, 0.1) is 7.11 Å². The van der Waals surface area contributed by atoms with Gasteiger partial charge in [-0.15, -0.1) is 0 Å². The van der Waals surface area contributed by atoms with Crippen molar-refractivity contribution in [1.82, 2.24) is 0 Å². The summed E-state index contributed by atoms with van der Waals surface area (Å²) in [5.41, 5.74) is 1.34. The molecule has 18 heavy (non-hydrogen) atoms. The molecule has 0 amide bonds. The summed E-state index contributed by atoms with van der Waals surface area (Å²) in [5.74, 6) is -0.0120. The Balaban J connectivity index is 2.05. The van der Waals surface area contributed by atoms with Gasteiger partial charge in [-0.2, -0.15) is 0 Å². The van der Waals surface area contributed by atoms with Crippen molar-refractivity contribution < 1.29 is 9.13 Å². The van der Waals surface area contributed by atoms with Gasteiger partial charge in [0.15, 0.2) is 11.6 Å². The van der Waals surface area contributed by atoms with Crippen molar-refractivity contribution in [2.24, 2.45) is 5.41 Å². The highest BCUT2D eigenvalue weighted by atomic mass is 19.1. The molecule has 2 nitrogen and oxygen atoms in total. The molecule has 0 bridgehead atoms. The van der Waals surface area contributed by atoms with E-state index >= 15 is 0 Å². The van der Waals surface area contributed by atoms with Crippen molar-refractivity contribution in [2.75, 3.05) is 12.4 Å². The first-order chi connectivity index (χ1) is 8.50. The lowest BCUT2D eigenvalue weighted by Gasteiger charge is -2.36. The number of hydrogen-bond acceptors (Lipinski definition) is 2. The van der Waals surface area contributed by atoms with Gasteiger partial charge < -0.3 is 10.1 Å². The number of anilines is 1. The molecule has 1 aliphatic carbocycles. The number of benzene rings is 1. The van der Waals surface area contributed by atoms with Crippen molar-refractivity contribution in [2.45, 2.75) is 45.6 Å². The van der Waals surface area contributed by atoms with E-state index in [1.54, 1.807) is 12.1 Å². The molecule has 0 spiro atoms. The van der Waals surface area contributed by atoms with Gasteiger partial charge >= 0.3 is 0 Å². The van der Waals surface area contributed by atoms with Crippen molar-refractivity contribution >= 4 is 5.69 Å². The second kappa shape index (κ2) is 5.17. The molecule has 1 unspecified atom stereocenters. The molecule has 1 atom stereocenters. The third-order valence-corrected chi connectivity index (χ3v) is 3.73. The summed E-state index contributed by atoms with van der Waals surface area (Å²) in [6, 6.07) is 5.44. The van der Waals surface area contributed by atoms with E-state index in [0.29, 0.717) is 17.2 Å². The highest BCUT2D eigenvalue weighted by Crippen LogP contribution is 2.36. The summed E-state index contributed by atoms with van der Waals surface area (Å²) in [4.78, 5) is 0. The topological polar surface area (TPSA) is 21.3 Å². The van der Waals surface area contributed by atoms with Crippen LogP contribution in [0.5, 0.6) is 5.75 Å². The Hall–Kier alpha value is -1.25. The van der Waals surface area contributed by atoms with Crippen LogP contribution in [0.4, 0.5) is 10.1 Å². The highest BCUT2D eigenvalue weighted by molar-refractivity contribution is 5.49. The molecule has 0 heterocycles. The average Bonchev–Trinajstić information content (AvgIpc) is 2.30. The summed E-state index contributed by atoms with van der Waals surface area (Å²) >= 11 is 0. The van der Waals surface area contributed by atoms with Crippen molar-refractivity contribution in [1.29, 1.82) is 0 Å². The van der Waals surface area contributed by atoms with Crippen LogP contribution in [0.25, 0.3) is 0 Å². The first-order valence-corrected chi connectivity index (χ1v) is 6.60. The van der Waals surface area contributed by atoms with E-state index in [0.717, 1.165) is 12.1 Å². The quantitative estimate of drug-likeness (QED) is 0.868. The molecule has 1 aliphatic rings. The molecular weight excluding hydrogens is 229 g/mol. The first kappa shape index (κ1) is 13.2. The molecule has 1 N–H and O–H groups in total. The Morgan fingerprint density at radius 3 is 2.83 bits per heavy atom. The maximum atomic E-state index is 13.3. The Kier molecular flexibility index (Phi) is 3.79. The predicted octanol–water partition coefficient (Wildman–Crippen LogP) is 4.22. The van der Waals surface area contributed by atoms with Crippen LogP contribution in [0.3, 0.4) is 0 Å². The molecule has 0 radical (unpaired) electrons. The molecule has 100 valence electrons. The molecule has 3 heteroatoms. The van der Waals surface area contributed by atoms with E-state index < -0.39 is 0 Å². The first-order valence-electron chi connectivity index (χ1n) is 6.60. The van der Waals surface area contributed by atoms with Gasteiger partial charge in [0.1, 0.15) is 0 Å². The lowest BCUT2D eigenvalue weighted by Crippen LogP contribution is -2.31. The lowest BCUT2D eigenvalue weighted by molar-refractivity contribution is 0.229. The van der Waals surface area contributed by atoms with Crippen LogP contribution < -0.4 is 10.1 Å². The Bertz CT molecular complexity index is 417. The number of rotatable bonds is 3. The normalized spacial score (nSPS) is 22.6. The SMILES string of the molecule is COc1cc(NC2CCCC(C)(C)C2)ccc1F. The third-order valence-electron chi connectivity index (χ3n) is 3.73. The Morgan fingerprint density at radius 1 is 1.39 bits per heavy atom. The summed E-state index contributed by atoms with van der Waals surface area (Å²) in [6.07, 6.45) is 4.89. The number of hydrogen-bond donors (Lipinski definition) is 1. The summed E-state index contributed by atoms with van der Waals surface area (Å²) in [5, 5.41) is 3.49. The highest BCUT2D eigenvalue weighted by Gasteiger charge is 2.27. The van der Waals surface area contributed by atoms with Crippen molar-refractivity contribution in [3.8, 4) is 5.75 Å². The predicted molar refractivity (Wildman–Crippen MR) is 72.6 cm³/mol. The fraction of sp³-hybridized carbons (Fsp3) is 0.600. The maximum absolute atomic E-state index is 13.3. The Labute approximate surface area is 109 Å². The van der Waals surface area contributed by atoms with E-state index in [9.17, 15) is 4.39 Å².